The Morgan fingerprint density at radius 2 is 1.96 bits per heavy atom. The summed E-state index contributed by atoms with van der Waals surface area (Å²) in [7, 11) is 0. The van der Waals surface area contributed by atoms with E-state index in [4.69, 9.17) is 0 Å². The molecule has 0 saturated carbocycles. The number of carbonyl (C=O) groups excluding carboxylic acids is 1. The lowest BCUT2D eigenvalue weighted by Gasteiger charge is -2.11. The average molecular weight is 404 g/mol. The lowest BCUT2D eigenvalue weighted by atomic mass is 10.3. The van der Waals surface area contributed by atoms with Crippen molar-refractivity contribution in [2.24, 2.45) is 4.99 Å². The molecule has 0 spiro atoms. The summed E-state index contributed by atoms with van der Waals surface area (Å²) in [6.07, 6.45) is 3.94. The minimum atomic E-state index is 0.0262. The Bertz CT molecular complexity index is 808. The van der Waals surface area contributed by atoms with E-state index in [0.29, 0.717) is 18.0 Å². The molecule has 1 saturated heterocycles. The van der Waals surface area contributed by atoms with E-state index < -0.39 is 0 Å². The minimum Gasteiger partial charge on any atom is -0.317 e. The normalized spacial score (nSPS) is 18.1. The summed E-state index contributed by atoms with van der Waals surface area (Å²) in [6.45, 7) is 5.26. The number of aliphatic imine (C=N–C) groups is 1. The van der Waals surface area contributed by atoms with Gasteiger partial charge in [-0.25, -0.2) is 0 Å². The van der Waals surface area contributed by atoms with Crippen molar-refractivity contribution >= 4 is 44.8 Å². The molecule has 2 aromatic rings. The molecule has 6 heteroatoms. The fourth-order valence-corrected chi connectivity index (χ4v) is 3.88. The van der Waals surface area contributed by atoms with E-state index >= 15 is 0 Å². The molecule has 24 heavy (non-hydrogen) atoms. The van der Waals surface area contributed by atoms with Crippen molar-refractivity contribution in [1.82, 2.24) is 9.47 Å². The number of thioether (sulfide) groups is 1. The maximum absolute atomic E-state index is 12.6. The molecule has 0 atom stereocenters. The molecule has 0 N–H and O–H groups in total. The summed E-state index contributed by atoms with van der Waals surface area (Å²) in [4.78, 5) is 19.4. The van der Waals surface area contributed by atoms with Gasteiger partial charge in [-0.2, -0.15) is 0 Å². The number of hydrogen-bond donors (Lipinski definition) is 0. The van der Waals surface area contributed by atoms with Crippen LogP contribution in [0.1, 0.15) is 19.5 Å². The van der Waals surface area contributed by atoms with Crippen LogP contribution in [0, 0.1) is 0 Å². The van der Waals surface area contributed by atoms with Crippen LogP contribution >= 0.6 is 27.7 Å². The van der Waals surface area contributed by atoms with Crippen molar-refractivity contribution in [2.75, 3.05) is 13.1 Å². The predicted octanol–water partition coefficient (Wildman–Crippen LogP) is 4.55. The smallest absolute Gasteiger partial charge is 0.266 e. The van der Waals surface area contributed by atoms with Crippen molar-refractivity contribution < 1.29 is 4.79 Å². The first-order chi connectivity index (χ1) is 11.6. The van der Waals surface area contributed by atoms with Crippen LogP contribution in [-0.2, 0) is 4.79 Å². The highest BCUT2D eigenvalue weighted by Gasteiger charge is 2.32. The summed E-state index contributed by atoms with van der Waals surface area (Å²) in [5, 5.41) is 0.790. The molecule has 0 aliphatic carbocycles. The van der Waals surface area contributed by atoms with E-state index in [0.717, 1.165) is 21.0 Å². The second-order valence-electron chi connectivity index (χ2n) is 5.20. The molecule has 0 unspecified atom stereocenters. The van der Waals surface area contributed by atoms with Crippen LogP contribution in [0.15, 0.2) is 57.0 Å². The first-order valence-corrected chi connectivity index (χ1v) is 9.44. The molecule has 1 aliphatic rings. The van der Waals surface area contributed by atoms with E-state index in [-0.39, 0.29) is 5.91 Å². The molecule has 124 valence electrons. The molecule has 1 fully saturated rings. The van der Waals surface area contributed by atoms with E-state index in [1.54, 1.807) is 4.90 Å². The van der Waals surface area contributed by atoms with Gasteiger partial charge in [0, 0.05) is 35.1 Å². The summed E-state index contributed by atoms with van der Waals surface area (Å²) < 4.78 is 3.11. The van der Waals surface area contributed by atoms with Gasteiger partial charge in [-0.3, -0.25) is 14.7 Å². The lowest BCUT2D eigenvalue weighted by Crippen LogP contribution is -2.28. The van der Waals surface area contributed by atoms with Crippen LogP contribution in [0.4, 0.5) is 0 Å². The van der Waals surface area contributed by atoms with Crippen molar-refractivity contribution in [3.63, 3.8) is 0 Å². The number of amidine groups is 1. The van der Waals surface area contributed by atoms with Crippen LogP contribution < -0.4 is 0 Å². The number of hydrogen-bond acceptors (Lipinski definition) is 3. The second kappa shape index (κ2) is 7.40. The standard InChI is InChI=1S/C18H18BrN3OS/c1-3-20-18-21(4-2)17(23)16(24-18)12-15-6-5-11-22(15)14-9-7-13(19)8-10-14/h5-12H,3-4H2,1-2H3/b16-12-,20-18?. The highest BCUT2D eigenvalue weighted by Crippen LogP contribution is 2.32. The van der Waals surface area contributed by atoms with Gasteiger partial charge in [0.05, 0.1) is 4.91 Å². The molecule has 2 heterocycles. The van der Waals surface area contributed by atoms with Gasteiger partial charge in [0.2, 0.25) is 0 Å². The van der Waals surface area contributed by atoms with Gasteiger partial charge in [0.1, 0.15) is 0 Å². The van der Waals surface area contributed by atoms with Gasteiger partial charge < -0.3 is 4.57 Å². The Balaban J connectivity index is 1.96. The quantitative estimate of drug-likeness (QED) is 0.702. The van der Waals surface area contributed by atoms with Crippen LogP contribution in [0.3, 0.4) is 0 Å². The largest absolute Gasteiger partial charge is 0.317 e. The molecule has 1 aromatic carbocycles. The first kappa shape index (κ1) is 17.0. The van der Waals surface area contributed by atoms with Gasteiger partial charge in [-0.05, 0) is 68.1 Å². The number of nitrogens with zero attached hydrogens (tertiary/aromatic N) is 3. The number of rotatable bonds is 4. The number of likely N-dealkylation sites (N-methyl/N-ethyl adjacent to an activating group) is 1. The van der Waals surface area contributed by atoms with Crippen LogP contribution in [0.25, 0.3) is 11.8 Å². The third-order valence-corrected chi connectivity index (χ3v) is 5.23. The van der Waals surface area contributed by atoms with Crippen molar-refractivity contribution in [1.29, 1.82) is 0 Å². The minimum absolute atomic E-state index is 0.0262. The van der Waals surface area contributed by atoms with Gasteiger partial charge in [-0.15, -0.1) is 0 Å². The van der Waals surface area contributed by atoms with Crippen LogP contribution in [0.2, 0.25) is 0 Å². The predicted molar refractivity (Wildman–Crippen MR) is 104 cm³/mol. The Labute approximate surface area is 154 Å². The van der Waals surface area contributed by atoms with E-state index in [1.165, 1.54) is 11.8 Å². The van der Waals surface area contributed by atoms with Crippen molar-refractivity contribution in [3.8, 4) is 5.69 Å². The fraction of sp³-hybridized carbons (Fsp3) is 0.222. The van der Waals surface area contributed by atoms with Crippen molar-refractivity contribution in [2.45, 2.75) is 13.8 Å². The summed E-state index contributed by atoms with van der Waals surface area (Å²) >= 11 is 4.90. The topological polar surface area (TPSA) is 37.6 Å². The maximum Gasteiger partial charge on any atom is 0.266 e. The number of carbonyl (C=O) groups is 1. The Kier molecular flexibility index (Phi) is 5.26. The van der Waals surface area contributed by atoms with Gasteiger partial charge in [0.25, 0.3) is 5.91 Å². The van der Waals surface area contributed by atoms with Crippen LogP contribution in [0.5, 0.6) is 0 Å². The molecular weight excluding hydrogens is 386 g/mol. The monoisotopic (exact) mass is 403 g/mol. The van der Waals surface area contributed by atoms with E-state index in [1.807, 2.05) is 62.5 Å². The van der Waals surface area contributed by atoms with Gasteiger partial charge in [-0.1, -0.05) is 15.9 Å². The third-order valence-electron chi connectivity index (χ3n) is 3.66. The molecule has 0 bridgehead atoms. The molecule has 0 radical (unpaired) electrons. The lowest BCUT2D eigenvalue weighted by molar-refractivity contribution is -0.122. The summed E-state index contributed by atoms with van der Waals surface area (Å²) in [5.74, 6) is 0.0262. The average Bonchev–Trinajstić information content (AvgIpc) is 3.14. The van der Waals surface area contributed by atoms with Crippen LogP contribution in [-0.4, -0.2) is 33.6 Å². The van der Waals surface area contributed by atoms with E-state index in [9.17, 15) is 4.79 Å². The number of benzene rings is 1. The maximum atomic E-state index is 12.6. The number of aromatic nitrogens is 1. The number of halogens is 1. The fourth-order valence-electron chi connectivity index (χ4n) is 2.52. The Hall–Kier alpha value is -1.79. The summed E-state index contributed by atoms with van der Waals surface area (Å²) in [5.41, 5.74) is 2.03. The molecular formula is C18H18BrN3OS. The van der Waals surface area contributed by atoms with Crippen molar-refractivity contribution in [3.05, 3.63) is 57.7 Å². The Morgan fingerprint density at radius 1 is 1.21 bits per heavy atom. The summed E-state index contributed by atoms with van der Waals surface area (Å²) in [6, 6.07) is 12.1. The zero-order valence-electron chi connectivity index (χ0n) is 13.6. The second-order valence-corrected chi connectivity index (χ2v) is 7.12. The SMILES string of the molecule is CCN=C1S/C(=C\c2cccn2-c2ccc(Br)cc2)C(=O)N1CC. The number of amides is 1. The van der Waals surface area contributed by atoms with Gasteiger partial charge in [0.15, 0.2) is 5.17 Å². The molecule has 1 aromatic heterocycles. The Morgan fingerprint density at radius 3 is 2.62 bits per heavy atom. The highest BCUT2D eigenvalue weighted by atomic mass is 79.9. The third kappa shape index (κ3) is 3.35. The molecule has 1 amide bonds. The molecule has 4 nitrogen and oxygen atoms in total. The highest BCUT2D eigenvalue weighted by molar-refractivity contribution is 9.10. The van der Waals surface area contributed by atoms with E-state index in [2.05, 4.69) is 25.5 Å². The zero-order chi connectivity index (χ0) is 17.1. The first-order valence-electron chi connectivity index (χ1n) is 7.83. The van der Waals surface area contributed by atoms with Gasteiger partial charge >= 0.3 is 0 Å². The molecule has 3 rings (SSSR count). The zero-order valence-corrected chi connectivity index (χ0v) is 16.0. The molecule has 1 aliphatic heterocycles.